The normalized spacial score (nSPS) is 10.4. The van der Waals surface area contributed by atoms with Gasteiger partial charge in [0.15, 0.2) is 16.7 Å². The van der Waals surface area contributed by atoms with E-state index in [-0.39, 0.29) is 17.5 Å². The molecular weight excluding hydrogens is 314 g/mol. The van der Waals surface area contributed by atoms with Crippen LogP contribution in [0.4, 0.5) is 5.82 Å². The number of aromatic hydroxyl groups is 1. The van der Waals surface area contributed by atoms with Crippen molar-refractivity contribution >= 4 is 23.5 Å². The quantitative estimate of drug-likeness (QED) is 0.622. The first-order chi connectivity index (χ1) is 11.2. The van der Waals surface area contributed by atoms with Crippen molar-refractivity contribution in [2.45, 2.75) is 10.9 Å². The number of aromatic nitrogens is 4. The summed E-state index contributed by atoms with van der Waals surface area (Å²) in [6, 6.07) is 10.3. The first kappa shape index (κ1) is 15.0. The number of carbonyl (C=O) groups is 1. The van der Waals surface area contributed by atoms with Crippen molar-refractivity contribution in [1.29, 1.82) is 0 Å². The van der Waals surface area contributed by atoms with E-state index in [1.165, 1.54) is 30.4 Å². The molecule has 0 unspecified atom stereocenters. The molecular formula is C15H13N5O2S. The van der Waals surface area contributed by atoms with Crippen molar-refractivity contribution in [1.82, 2.24) is 20.2 Å². The Kier molecular flexibility index (Phi) is 4.53. The number of rotatable bonds is 5. The van der Waals surface area contributed by atoms with E-state index in [0.29, 0.717) is 5.56 Å². The number of nitrogens with one attached hydrogen (secondary N) is 2. The molecule has 3 N–H and O–H groups in total. The third-order valence-corrected chi connectivity index (χ3v) is 3.95. The number of amides is 1. The Morgan fingerprint density at radius 3 is 2.74 bits per heavy atom. The number of aromatic amines is 1. The van der Waals surface area contributed by atoms with E-state index in [4.69, 9.17) is 0 Å². The Morgan fingerprint density at radius 2 is 2.04 bits per heavy atom. The number of pyridine rings is 1. The maximum Gasteiger partial charge on any atom is 0.256 e. The highest BCUT2D eigenvalue weighted by molar-refractivity contribution is 7.98. The number of H-pyrrole nitrogens is 1. The highest BCUT2D eigenvalue weighted by Crippen LogP contribution is 2.21. The highest BCUT2D eigenvalue weighted by atomic mass is 32.2. The van der Waals surface area contributed by atoms with Crippen LogP contribution in [0.3, 0.4) is 0 Å². The standard InChI is InChI=1S/C15H13N5O2S/c21-12-2-1-7-16-13(12)19-14(22)11-5-3-10(4-6-11)8-23-15-17-9-18-20-15/h1-7,9,21H,8H2,(H,16,19,22)(H,17,18,20). The van der Waals surface area contributed by atoms with Crippen molar-refractivity contribution in [2.24, 2.45) is 0 Å². The fourth-order valence-corrected chi connectivity index (χ4v) is 2.58. The van der Waals surface area contributed by atoms with Crippen LogP contribution in [0.15, 0.2) is 54.1 Å². The molecule has 2 aromatic heterocycles. The lowest BCUT2D eigenvalue weighted by Gasteiger charge is -2.06. The van der Waals surface area contributed by atoms with Gasteiger partial charge in [0.1, 0.15) is 6.33 Å². The molecule has 0 bridgehead atoms. The number of thioether (sulfide) groups is 1. The van der Waals surface area contributed by atoms with E-state index < -0.39 is 0 Å². The molecule has 23 heavy (non-hydrogen) atoms. The van der Waals surface area contributed by atoms with Crippen molar-refractivity contribution in [3.8, 4) is 5.75 Å². The minimum absolute atomic E-state index is 0.0686. The molecule has 7 nitrogen and oxygen atoms in total. The first-order valence-corrected chi connectivity index (χ1v) is 7.73. The third kappa shape index (κ3) is 3.86. The van der Waals surface area contributed by atoms with Gasteiger partial charge in [-0.25, -0.2) is 9.97 Å². The van der Waals surface area contributed by atoms with E-state index in [9.17, 15) is 9.90 Å². The zero-order chi connectivity index (χ0) is 16.1. The average molecular weight is 327 g/mol. The fraction of sp³-hybridized carbons (Fsp3) is 0.0667. The fourth-order valence-electron chi connectivity index (χ4n) is 1.84. The summed E-state index contributed by atoms with van der Waals surface area (Å²) in [6.45, 7) is 0. The predicted molar refractivity (Wildman–Crippen MR) is 86.2 cm³/mol. The lowest BCUT2D eigenvalue weighted by atomic mass is 10.1. The Hall–Kier alpha value is -2.87. The van der Waals surface area contributed by atoms with Crippen molar-refractivity contribution < 1.29 is 9.90 Å². The van der Waals surface area contributed by atoms with Crippen LogP contribution in [0.1, 0.15) is 15.9 Å². The van der Waals surface area contributed by atoms with E-state index in [0.717, 1.165) is 16.5 Å². The summed E-state index contributed by atoms with van der Waals surface area (Å²) >= 11 is 1.53. The van der Waals surface area contributed by atoms with Crippen LogP contribution in [0.2, 0.25) is 0 Å². The lowest BCUT2D eigenvalue weighted by molar-refractivity contribution is 0.102. The van der Waals surface area contributed by atoms with Crippen LogP contribution < -0.4 is 5.32 Å². The predicted octanol–water partition coefficient (Wildman–Crippen LogP) is 2.45. The Morgan fingerprint density at radius 1 is 1.22 bits per heavy atom. The molecule has 1 amide bonds. The highest BCUT2D eigenvalue weighted by Gasteiger charge is 2.09. The summed E-state index contributed by atoms with van der Waals surface area (Å²) in [5.41, 5.74) is 1.55. The van der Waals surface area contributed by atoms with Crippen molar-refractivity contribution in [2.75, 3.05) is 5.32 Å². The molecule has 2 heterocycles. The van der Waals surface area contributed by atoms with Gasteiger partial charge in [-0.15, -0.1) is 0 Å². The van der Waals surface area contributed by atoms with Gasteiger partial charge in [-0.1, -0.05) is 23.9 Å². The summed E-state index contributed by atoms with van der Waals surface area (Å²) in [7, 11) is 0. The Balaban J connectivity index is 1.62. The van der Waals surface area contributed by atoms with Gasteiger partial charge >= 0.3 is 0 Å². The Labute approximate surface area is 136 Å². The molecule has 0 atom stereocenters. The van der Waals surface area contributed by atoms with E-state index in [1.54, 1.807) is 18.2 Å². The molecule has 0 spiro atoms. The van der Waals surface area contributed by atoms with Gasteiger partial charge in [0, 0.05) is 17.5 Å². The first-order valence-electron chi connectivity index (χ1n) is 6.75. The van der Waals surface area contributed by atoms with Crippen molar-refractivity contribution in [3.05, 3.63) is 60.0 Å². The van der Waals surface area contributed by atoms with Crippen LogP contribution in [0.5, 0.6) is 5.75 Å². The van der Waals surface area contributed by atoms with Crippen molar-refractivity contribution in [3.63, 3.8) is 0 Å². The lowest BCUT2D eigenvalue weighted by Crippen LogP contribution is -2.12. The second kappa shape index (κ2) is 6.93. The third-order valence-electron chi connectivity index (χ3n) is 3.00. The number of carbonyl (C=O) groups excluding carboxylic acids is 1. The summed E-state index contributed by atoms with van der Waals surface area (Å²) in [5.74, 6) is 0.467. The number of anilines is 1. The second-order valence-corrected chi connectivity index (χ2v) is 5.57. The maximum absolute atomic E-state index is 12.1. The Bertz CT molecular complexity index is 790. The van der Waals surface area contributed by atoms with Gasteiger partial charge in [0.2, 0.25) is 0 Å². The molecule has 0 saturated carbocycles. The molecule has 0 aliphatic heterocycles. The molecule has 0 fully saturated rings. The monoisotopic (exact) mass is 327 g/mol. The van der Waals surface area contributed by atoms with Gasteiger partial charge in [0.05, 0.1) is 0 Å². The van der Waals surface area contributed by atoms with Crippen LogP contribution in [0.25, 0.3) is 0 Å². The van der Waals surface area contributed by atoms with Crippen LogP contribution >= 0.6 is 11.8 Å². The molecule has 116 valence electrons. The van der Waals surface area contributed by atoms with E-state index in [2.05, 4.69) is 25.5 Å². The topological polar surface area (TPSA) is 104 Å². The van der Waals surface area contributed by atoms with Gasteiger partial charge in [-0.05, 0) is 29.8 Å². The summed E-state index contributed by atoms with van der Waals surface area (Å²) in [4.78, 5) is 20.1. The largest absolute Gasteiger partial charge is 0.504 e. The van der Waals surface area contributed by atoms with Crippen LogP contribution in [0, 0.1) is 0 Å². The molecule has 3 rings (SSSR count). The molecule has 3 aromatic rings. The molecule has 0 radical (unpaired) electrons. The molecule has 1 aromatic carbocycles. The molecule has 8 heteroatoms. The molecule has 0 saturated heterocycles. The summed E-state index contributed by atoms with van der Waals surface area (Å²) in [5, 5.41) is 19.5. The van der Waals surface area contributed by atoms with Crippen LogP contribution in [-0.2, 0) is 5.75 Å². The number of nitrogens with zero attached hydrogens (tertiary/aromatic N) is 3. The summed E-state index contributed by atoms with van der Waals surface area (Å²) in [6.07, 6.45) is 2.96. The van der Waals surface area contributed by atoms with Gasteiger partial charge in [-0.2, -0.15) is 5.10 Å². The molecule has 0 aliphatic carbocycles. The van der Waals surface area contributed by atoms with Crippen LogP contribution in [-0.4, -0.2) is 31.2 Å². The number of hydrogen-bond donors (Lipinski definition) is 3. The van der Waals surface area contributed by atoms with E-state index >= 15 is 0 Å². The number of hydrogen-bond acceptors (Lipinski definition) is 6. The molecule has 0 aliphatic rings. The van der Waals surface area contributed by atoms with E-state index in [1.807, 2.05) is 12.1 Å². The summed E-state index contributed by atoms with van der Waals surface area (Å²) < 4.78 is 0. The zero-order valence-electron chi connectivity index (χ0n) is 11.9. The SMILES string of the molecule is O=C(Nc1ncccc1O)c1ccc(CSc2ncn[nH]2)cc1. The number of benzene rings is 1. The maximum atomic E-state index is 12.1. The average Bonchev–Trinajstić information content (AvgIpc) is 3.09. The minimum Gasteiger partial charge on any atom is -0.504 e. The second-order valence-electron chi connectivity index (χ2n) is 4.60. The van der Waals surface area contributed by atoms with Gasteiger partial charge < -0.3 is 10.4 Å². The van der Waals surface area contributed by atoms with Gasteiger partial charge in [-0.3, -0.25) is 9.89 Å². The zero-order valence-corrected chi connectivity index (χ0v) is 12.7. The smallest absolute Gasteiger partial charge is 0.256 e. The minimum atomic E-state index is -0.326. The van der Waals surface area contributed by atoms with Gasteiger partial charge in [0.25, 0.3) is 5.91 Å².